The molecule has 3 atom stereocenters. The Bertz CT molecular complexity index is 422. The zero-order chi connectivity index (χ0) is 14.4. The van der Waals surface area contributed by atoms with Crippen LogP contribution in [0.1, 0.15) is 32.8 Å². The van der Waals surface area contributed by atoms with Crippen LogP contribution in [0, 0.1) is 5.92 Å². The fraction of sp³-hybridized carbons (Fsp3) is 0.533. The van der Waals surface area contributed by atoms with E-state index in [9.17, 15) is 4.79 Å². The quantitative estimate of drug-likeness (QED) is 0.843. The standard InChI is InChI=1S/C15H23ClN2O/c1-4-10(2)14(17)15(19)18-11(3)8-12-6-5-7-13(16)9-12/h5-7,9-11,14H,4,8,17H2,1-3H3,(H,18,19)/t10-,11?,14-/m0/s1. The van der Waals surface area contributed by atoms with Gasteiger partial charge in [0.05, 0.1) is 6.04 Å². The van der Waals surface area contributed by atoms with Crippen molar-refractivity contribution < 1.29 is 4.79 Å². The van der Waals surface area contributed by atoms with Gasteiger partial charge in [-0.25, -0.2) is 0 Å². The highest BCUT2D eigenvalue weighted by molar-refractivity contribution is 6.30. The number of nitrogens with one attached hydrogen (secondary N) is 1. The Morgan fingerprint density at radius 2 is 2.11 bits per heavy atom. The maximum absolute atomic E-state index is 11.9. The number of hydrogen-bond donors (Lipinski definition) is 2. The molecule has 0 spiro atoms. The van der Waals surface area contributed by atoms with Crippen LogP contribution in [0.2, 0.25) is 5.02 Å². The number of nitrogens with two attached hydrogens (primary N) is 1. The van der Waals surface area contributed by atoms with Crippen LogP contribution in [0.4, 0.5) is 0 Å². The summed E-state index contributed by atoms with van der Waals surface area (Å²) in [6, 6.07) is 7.28. The Morgan fingerprint density at radius 1 is 1.42 bits per heavy atom. The summed E-state index contributed by atoms with van der Waals surface area (Å²) >= 11 is 5.94. The van der Waals surface area contributed by atoms with Gasteiger partial charge in [-0.1, -0.05) is 44.0 Å². The van der Waals surface area contributed by atoms with E-state index in [0.29, 0.717) is 5.02 Å². The van der Waals surface area contributed by atoms with Crippen molar-refractivity contribution in [3.8, 4) is 0 Å². The van der Waals surface area contributed by atoms with Gasteiger partial charge in [0.15, 0.2) is 0 Å². The van der Waals surface area contributed by atoms with Crippen molar-refractivity contribution >= 4 is 17.5 Å². The molecule has 0 heterocycles. The van der Waals surface area contributed by atoms with E-state index in [0.717, 1.165) is 18.4 Å². The first-order valence-corrected chi connectivity index (χ1v) is 7.12. The molecule has 106 valence electrons. The highest BCUT2D eigenvalue weighted by Gasteiger charge is 2.20. The number of rotatable bonds is 6. The van der Waals surface area contributed by atoms with E-state index < -0.39 is 6.04 Å². The SMILES string of the molecule is CC[C@H](C)[C@H](N)C(=O)NC(C)Cc1cccc(Cl)c1. The molecule has 0 aromatic heterocycles. The lowest BCUT2D eigenvalue weighted by Crippen LogP contribution is -2.48. The molecule has 1 amide bonds. The van der Waals surface area contributed by atoms with Crippen LogP contribution < -0.4 is 11.1 Å². The van der Waals surface area contributed by atoms with Crippen LogP contribution in [0.25, 0.3) is 0 Å². The molecule has 0 aliphatic heterocycles. The molecule has 0 aliphatic rings. The first-order valence-electron chi connectivity index (χ1n) is 6.74. The minimum absolute atomic E-state index is 0.0427. The van der Waals surface area contributed by atoms with Crippen molar-refractivity contribution in [3.63, 3.8) is 0 Å². The predicted molar refractivity (Wildman–Crippen MR) is 80.2 cm³/mol. The van der Waals surface area contributed by atoms with Gasteiger partial charge in [0.1, 0.15) is 0 Å². The molecule has 4 heteroatoms. The summed E-state index contributed by atoms with van der Waals surface area (Å²) in [4.78, 5) is 11.9. The molecule has 1 unspecified atom stereocenters. The van der Waals surface area contributed by atoms with Crippen LogP contribution in [0.5, 0.6) is 0 Å². The average molecular weight is 283 g/mol. The van der Waals surface area contributed by atoms with Crippen molar-refractivity contribution in [1.82, 2.24) is 5.32 Å². The van der Waals surface area contributed by atoms with Gasteiger partial charge in [-0.2, -0.15) is 0 Å². The maximum atomic E-state index is 11.9. The normalized spacial score (nSPS) is 15.6. The molecule has 3 N–H and O–H groups in total. The number of carbonyl (C=O) groups excluding carboxylic acids is 1. The number of hydrogen-bond acceptors (Lipinski definition) is 2. The Hall–Kier alpha value is -1.06. The van der Waals surface area contributed by atoms with Crippen molar-refractivity contribution in [2.45, 2.75) is 45.7 Å². The van der Waals surface area contributed by atoms with Crippen molar-refractivity contribution in [2.75, 3.05) is 0 Å². The molecule has 0 radical (unpaired) electrons. The lowest BCUT2D eigenvalue weighted by atomic mass is 9.98. The number of halogens is 1. The fourth-order valence-corrected chi connectivity index (χ4v) is 2.13. The van der Waals surface area contributed by atoms with E-state index in [-0.39, 0.29) is 17.9 Å². The molecule has 0 fully saturated rings. The van der Waals surface area contributed by atoms with E-state index in [1.807, 2.05) is 45.0 Å². The first kappa shape index (κ1) is 16.0. The molecule has 0 saturated heterocycles. The Morgan fingerprint density at radius 3 is 2.68 bits per heavy atom. The summed E-state index contributed by atoms with van der Waals surface area (Å²) in [7, 11) is 0. The van der Waals surface area contributed by atoms with Crippen molar-refractivity contribution in [3.05, 3.63) is 34.9 Å². The van der Waals surface area contributed by atoms with Crippen LogP contribution in [-0.4, -0.2) is 18.0 Å². The van der Waals surface area contributed by atoms with E-state index in [2.05, 4.69) is 5.32 Å². The summed E-state index contributed by atoms with van der Waals surface area (Å²) < 4.78 is 0. The van der Waals surface area contributed by atoms with Crippen LogP contribution in [0.15, 0.2) is 24.3 Å². The van der Waals surface area contributed by atoms with E-state index in [1.165, 1.54) is 0 Å². The van der Waals surface area contributed by atoms with Gasteiger partial charge in [-0.05, 0) is 37.0 Å². The Kier molecular flexibility index (Phi) is 6.32. The lowest BCUT2D eigenvalue weighted by molar-refractivity contribution is -0.124. The van der Waals surface area contributed by atoms with Gasteiger partial charge in [0.25, 0.3) is 0 Å². The van der Waals surface area contributed by atoms with E-state index in [4.69, 9.17) is 17.3 Å². The third-order valence-electron chi connectivity index (χ3n) is 3.38. The van der Waals surface area contributed by atoms with Gasteiger partial charge >= 0.3 is 0 Å². The van der Waals surface area contributed by atoms with Gasteiger partial charge < -0.3 is 11.1 Å². The smallest absolute Gasteiger partial charge is 0.237 e. The van der Waals surface area contributed by atoms with Crippen LogP contribution in [-0.2, 0) is 11.2 Å². The monoisotopic (exact) mass is 282 g/mol. The fourth-order valence-electron chi connectivity index (χ4n) is 1.92. The van der Waals surface area contributed by atoms with E-state index >= 15 is 0 Å². The van der Waals surface area contributed by atoms with Gasteiger partial charge in [-0.15, -0.1) is 0 Å². The molecule has 0 bridgehead atoms. The largest absolute Gasteiger partial charge is 0.352 e. The lowest BCUT2D eigenvalue weighted by Gasteiger charge is -2.21. The topological polar surface area (TPSA) is 55.1 Å². The molecule has 3 nitrogen and oxygen atoms in total. The Balaban J connectivity index is 2.51. The molecular formula is C15H23ClN2O. The van der Waals surface area contributed by atoms with Gasteiger partial charge in [0.2, 0.25) is 5.91 Å². The second kappa shape index (κ2) is 7.51. The van der Waals surface area contributed by atoms with Crippen LogP contribution >= 0.6 is 11.6 Å². The third-order valence-corrected chi connectivity index (χ3v) is 3.61. The van der Waals surface area contributed by atoms with Gasteiger partial charge in [0, 0.05) is 11.1 Å². The molecule has 0 saturated carbocycles. The van der Waals surface area contributed by atoms with E-state index in [1.54, 1.807) is 0 Å². The van der Waals surface area contributed by atoms with Crippen molar-refractivity contribution in [1.29, 1.82) is 0 Å². The molecular weight excluding hydrogens is 260 g/mol. The van der Waals surface area contributed by atoms with Gasteiger partial charge in [-0.3, -0.25) is 4.79 Å². The summed E-state index contributed by atoms with van der Waals surface area (Å²) in [5.41, 5.74) is 7.01. The molecule has 0 aliphatic carbocycles. The average Bonchev–Trinajstić information content (AvgIpc) is 2.36. The summed E-state index contributed by atoms with van der Waals surface area (Å²) in [6.07, 6.45) is 1.65. The number of benzene rings is 1. The number of amides is 1. The maximum Gasteiger partial charge on any atom is 0.237 e. The van der Waals surface area contributed by atoms with Crippen molar-refractivity contribution in [2.24, 2.45) is 11.7 Å². The molecule has 1 rings (SSSR count). The third kappa shape index (κ3) is 5.21. The summed E-state index contributed by atoms with van der Waals surface area (Å²) in [6.45, 7) is 6.00. The minimum Gasteiger partial charge on any atom is -0.352 e. The highest BCUT2D eigenvalue weighted by Crippen LogP contribution is 2.12. The summed E-state index contributed by atoms with van der Waals surface area (Å²) in [5, 5.41) is 3.67. The second-order valence-corrected chi connectivity index (χ2v) is 5.59. The number of carbonyl (C=O) groups is 1. The molecule has 1 aromatic rings. The highest BCUT2D eigenvalue weighted by atomic mass is 35.5. The predicted octanol–water partition coefficient (Wildman–Crippen LogP) is 2.76. The molecule has 1 aromatic carbocycles. The zero-order valence-corrected chi connectivity index (χ0v) is 12.6. The Labute approximate surface area is 120 Å². The first-order chi connectivity index (χ1) is 8.93. The zero-order valence-electron chi connectivity index (χ0n) is 11.8. The molecule has 19 heavy (non-hydrogen) atoms. The minimum atomic E-state index is -0.438. The van der Waals surface area contributed by atoms with Crippen LogP contribution in [0.3, 0.4) is 0 Å². The second-order valence-electron chi connectivity index (χ2n) is 5.15. The summed E-state index contributed by atoms with van der Waals surface area (Å²) in [5.74, 6) is 0.113.